The van der Waals surface area contributed by atoms with Gasteiger partial charge in [0.2, 0.25) is 0 Å². The fourth-order valence-corrected chi connectivity index (χ4v) is 1.22. The molecule has 0 atom stereocenters. The highest BCUT2D eigenvalue weighted by Gasteiger charge is 2.26. The first-order chi connectivity index (χ1) is 8.92. The third kappa shape index (κ3) is 6.03. The minimum atomic E-state index is -4.29. The van der Waals surface area contributed by atoms with Crippen molar-refractivity contribution in [1.29, 1.82) is 0 Å². The number of alkyl halides is 3. The van der Waals surface area contributed by atoms with Gasteiger partial charge in [0.05, 0.1) is 18.8 Å². The van der Waals surface area contributed by atoms with E-state index in [0.29, 0.717) is 12.4 Å². The molecule has 0 radical (unpaired) electrons. The van der Waals surface area contributed by atoms with Crippen molar-refractivity contribution >= 4 is 11.7 Å². The molecule has 0 bridgehead atoms. The minimum absolute atomic E-state index is 0.0109. The molecular weight excluding hydrogens is 261 g/mol. The molecule has 5 nitrogen and oxygen atoms in total. The van der Waals surface area contributed by atoms with Crippen LogP contribution < -0.4 is 10.6 Å². The molecule has 0 aromatic carbocycles. The van der Waals surface area contributed by atoms with E-state index in [2.05, 4.69) is 20.6 Å². The van der Waals surface area contributed by atoms with Crippen molar-refractivity contribution in [2.24, 2.45) is 0 Å². The second-order valence-corrected chi connectivity index (χ2v) is 3.84. The summed E-state index contributed by atoms with van der Waals surface area (Å²) in [5, 5.41) is 5.09. The zero-order valence-corrected chi connectivity index (χ0v) is 10.4. The van der Waals surface area contributed by atoms with E-state index < -0.39 is 25.0 Å². The lowest BCUT2D eigenvalue weighted by molar-refractivity contribution is -0.132. The first kappa shape index (κ1) is 15.2. The van der Waals surface area contributed by atoms with Gasteiger partial charge in [0.1, 0.15) is 11.5 Å². The fraction of sp³-hybridized carbons (Fsp3) is 0.545. The smallest absolute Gasteiger partial charge is 0.369 e. The third-order valence-corrected chi connectivity index (χ3v) is 2.12. The molecule has 8 heteroatoms. The van der Waals surface area contributed by atoms with Crippen LogP contribution in [0.15, 0.2) is 12.4 Å². The van der Waals surface area contributed by atoms with Crippen molar-refractivity contribution in [3.05, 3.63) is 18.1 Å². The third-order valence-electron chi connectivity index (χ3n) is 2.12. The maximum atomic E-state index is 11.9. The summed E-state index contributed by atoms with van der Waals surface area (Å²) in [5.74, 6) is -0.248. The quantitative estimate of drug-likeness (QED) is 0.833. The Balaban J connectivity index is 2.52. The standard InChI is InChI=1S/C11H15F3N4O/c1-2-4-16-9-7-15-6-8(18-9)10(19)17-5-3-11(12,13)14/h6-7H,2-5H2,1H3,(H,16,18)(H,17,19). The fourth-order valence-electron chi connectivity index (χ4n) is 1.22. The largest absolute Gasteiger partial charge is 0.390 e. The van der Waals surface area contributed by atoms with Gasteiger partial charge < -0.3 is 10.6 Å². The Morgan fingerprint density at radius 3 is 2.68 bits per heavy atom. The van der Waals surface area contributed by atoms with E-state index in [1.54, 1.807) is 0 Å². The second kappa shape index (κ2) is 6.91. The Morgan fingerprint density at radius 2 is 2.05 bits per heavy atom. The number of hydrogen-bond acceptors (Lipinski definition) is 4. The first-order valence-corrected chi connectivity index (χ1v) is 5.83. The zero-order chi connectivity index (χ0) is 14.3. The second-order valence-electron chi connectivity index (χ2n) is 3.84. The van der Waals surface area contributed by atoms with Gasteiger partial charge in [-0.25, -0.2) is 4.98 Å². The number of nitrogens with one attached hydrogen (secondary N) is 2. The van der Waals surface area contributed by atoms with Crippen LogP contribution in [0.25, 0.3) is 0 Å². The highest BCUT2D eigenvalue weighted by molar-refractivity contribution is 5.92. The zero-order valence-electron chi connectivity index (χ0n) is 10.4. The summed E-state index contributed by atoms with van der Waals surface area (Å²) in [6, 6.07) is 0. The molecule has 0 aliphatic rings. The van der Waals surface area contributed by atoms with Crippen molar-refractivity contribution in [1.82, 2.24) is 15.3 Å². The Kier molecular flexibility index (Phi) is 5.53. The molecule has 106 valence electrons. The summed E-state index contributed by atoms with van der Waals surface area (Å²) in [7, 11) is 0. The summed E-state index contributed by atoms with van der Waals surface area (Å²) in [4.78, 5) is 19.3. The summed E-state index contributed by atoms with van der Waals surface area (Å²) < 4.78 is 35.8. The molecule has 0 fully saturated rings. The molecule has 1 rings (SSSR count). The molecule has 0 aliphatic heterocycles. The van der Waals surface area contributed by atoms with E-state index in [1.807, 2.05) is 6.92 Å². The summed E-state index contributed by atoms with van der Waals surface area (Å²) in [6.07, 6.45) is -1.82. The number of nitrogens with zero attached hydrogens (tertiary/aromatic N) is 2. The van der Waals surface area contributed by atoms with Crippen LogP contribution in [0.4, 0.5) is 19.0 Å². The number of carbonyl (C=O) groups excluding carboxylic acids is 1. The summed E-state index contributed by atoms with van der Waals surface area (Å²) >= 11 is 0. The average molecular weight is 276 g/mol. The molecule has 1 aromatic heterocycles. The van der Waals surface area contributed by atoms with E-state index in [4.69, 9.17) is 0 Å². The van der Waals surface area contributed by atoms with Gasteiger partial charge >= 0.3 is 6.18 Å². The lowest BCUT2D eigenvalue weighted by atomic mass is 10.3. The lowest BCUT2D eigenvalue weighted by Gasteiger charge is -2.08. The Morgan fingerprint density at radius 1 is 1.32 bits per heavy atom. The van der Waals surface area contributed by atoms with E-state index in [0.717, 1.165) is 6.42 Å². The van der Waals surface area contributed by atoms with Crippen LogP contribution in [-0.4, -0.2) is 35.1 Å². The molecule has 0 saturated carbocycles. The van der Waals surface area contributed by atoms with Crippen molar-refractivity contribution in [2.75, 3.05) is 18.4 Å². The number of aromatic nitrogens is 2. The number of carbonyl (C=O) groups is 1. The normalized spacial score (nSPS) is 11.2. The van der Waals surface area contributed by atoms with Crippen LogP contribution in [0.1, 0.15) is 30.3 Å². The van der Waals surface area contributed by atoms with Crippen LogP contribution in [0.2, 0.25) is 0 Å². The topological polar surface area (TPSA) is 66.9 Å². The molecule has 1 amide bonds. The summed E-state index contributed by atoms with van der Waals surface area (Å²) in [6.45, 7) is 2.17. The number of amides is 1. The first-order valence-electron chi connectivity index (χ1n) is 5.83. The van der Waals surface area contributed by atoms with Gasteiger partial charge in [0, 0.05) is 13.1 Å². The Hall–Kier alpha value is -1.86. The lowest BCUT2D eigenvalue weighted by Crippen LogP contribution is -2.28. The van der Waals surface area contributed by atoms with Crippen molar-refractivity contribution in [3.8, 4) is 0 Å². The van der Waals surface area contributed by atoms with Crippen LogP contribution in [-0.2, 0) is 0 Å². The predicted octanol–water partition coefficient (Wildman–Crippen LogP) is 1.98. The molecule has 1 heterocycles. The van der Waals surface area contributed by atoms with E-state index in [1.165, 1.54) is 12.4 Å². The number of hydrogen-bond donors (Lipinski definition) is 2. The highest BCUT2D eigenvalue weighted by atomic mass is 19.4. The van der Waals surface area contributed by atoms with Gasteiger partial charge in [-0.05, 0) is 6.42 Å². The molecule has 0 spiro atoms. The Labute approximate surface area is 108 Å². The van der Waals surface area contributed by atoms with Crippen LogP contribution >= 0.6 is 0 Å². The maximum absolute atomic E-state index is 11.9. The molecule has 2 N–H and O–H groups in total. The SMILES string of the molecule is CCCNc1cncc(C(=O)NCCC(F)(F)F)n1. The molecule has 0 aliphatic carbocycles. The maximum Gasteiger partial charge on any atom is 0.390 e. The molecular formula is C11H15F3N4O. The number of rotatable bonds is 6. The number of anilines is 1. The van der Waals surface area contributed by atoms with Gasteiger partial charge in [-0.2, -0.15) is 13.2 Å². The van der Waals surface area contributed by atoms with E-state index >= 15 is 0 Å². The van der Waals surface area contributed by atoms with Gasteiger partial charge in [0.25, 0.3) is 5.91 Å². The molecule has 1 aromatic rings. The molecule has 19 heavy (non-hydrogen) atoms. The van der Waals surface area contributed by atoms with Crippen LogP contribution in [0.3, 0.4) is 0 Å². The van der Waals surface area contributed by atoms with E-state index in [-0.39, 0.29) is 5.69 Å². The predicted molar refractivity (Wildman–Crippen MR) is 63.8 cm³/mol. The monoisotopic (exact) mass is 276 g/mol. The van der Waals surface area contributed by atoms with Gasteiger partial charge in [-0.3, -0.25) is 9.78 Å². The highest BCUT2D eigenvalue weighted by Crippen LogP contribution is 2.18. The Bertz CT molecular complexity index is 423. The average Bonchev–Trinajstić information content (AvgIpc) is 2.35. The van der Waals surface area contributed by atoms with Crippen molar-refractivity contribution in [3.63, 3.8) is 0 Å². The van der Waals surface area contributed by atoms with Crippen molar-refractivity contribution < 1.29 is 18.0 Å². The van der Waals surface area contributed by atoms with Gasteiger partial charge in [-0.15, -0.1) is 0 Å². The molecule has 0 saturated heterocycles. The number of halogens is 3. The van der Waals surface area contributed by atoms with Gasteiger partial charge in [-0.1, -0.05) is 6.92 Å². The van der Waals surface area contributed by atoms with Crippen LogP contribution in [0.5, 0.6) is 0 Å². The van der Waals surface area contributed by atoms with E-state index in [9.17, 15) is 18.0 Å². The summed E-state index contributed by atoms with van der Waals surface area (Å²) in [5.41, 5.74) is -0.0109. The van der Waals surface area contributed by atoms with Crippen molar-refractivity contribution in [2.45, 2.75) is 25.9 Å². The molecule has 0 unspecified atom stereocenters. The van der Waals surface area contributed by atoms with Crippen LogP contribution in [0, 0.1) is 0 Å². The van der Waals surface area contributed by atoms with Gasteiger partial charge in [0.15, 0.2) is 0 Å². The minimum Gasteiger partial charge on any atom is -0.369 e.